The Hall–Kier alpha value is -3.15. The number of hydrogen-bond acceptors (Lipinski definition) is 4. The molecule has 2 heterocycles. The molecule has 1 unspecified atom stereocenters. The third-order valence-electron chi connectivity index (χ3n) is 4.59. The van der Waals surface area contributed by atoms with Crippen LogP contribution in [0.2, 0.25) is 0 Å². The van der Waals surface area contributed by atoms with E-state index < -0.39 is 11.9 Å². The Balaban J connectivity index is 1.79. The molecule has 2 aliphatic heterocycles. The Morgan fingerprint density at radius 3 is 2.52 bits per heavy atom. The Kier molecular flexibility index (Phi) is 3.72. The van der Waals surface area contributed by atoms with Gasteiger partial charge in [-0.1, -0.05) is 42.5 Å². The van der Waals surface area contributed by atoms with Crippen molar-refractivity contribution in [1.82, 2.24) is 5.32 Å². The first kappa shape index (κ1) is 15.4. The standard InChI is InChI=1S/C19H17N3O3/c23-16-10-9-15(19(25)21-16)22-14-8-4-7-13(12-5-2-1-3-6-12)18(14)20-11-17(22)24/h1-8,15,20H,9-11H2,(H,21,23,25). The molecule has 126 valence electrons. The van der Waals surface area contributed by atoms with Crippen molar-refractivity contribution in [2.24, 2.45) is 0 Å². The highest BCUT2D eigenvalue weighted by molar-refractivity contribution is 6.12. The summed E-state index contributed by atoms with van der Waals surface area (Å²) in [5.74, 6) is -0.878. The number of piperidine rings is 1. The summed E-state index contributed by atoms with van der Waals surface area (Å²) in [6, 6.07) is 14.9. The molecule has 1 fully saturated rings. The number of fused-ring (bicyclic) bond motifs is 1. The lowest BCUT2D eigenvalue weighted by molar-refractivity contribution is -0.135. The van der Waals surface area contributed by atoms with Crippen molar-refractivity contribution in [3.8, 4) is 11.1 Å². The predicted octanol–water partition coefficient (Wildman–Crippen LogP) is 1.92. The van der Waals surface area contributed by atoms with Crippen molar-refractivity contribution >= 4 is 29.1 Å². The van der Waals surface area contributed by atoms with E-state index in [4.69, 9.17) is 0 Å². The molecule has 4 rings (SSSR count). The van der Waals surface area contributed by atoms with Gasteiger partial charge in [0.25, 0.3) is 0 Å². The number of imide groups is 1. The number of benzene rings is 2. The van der Waals surface area contributed by atoms with Crippen LogP contribution < -0.4 is 15.5 Å². The molecule has 1 saturated heterocycles. The van der Waals surface area contributed by atoms with E-state index in [2.05, 4.69) is 10.6 Å². The highest BCUT2D eigenvalue weighted by Gasteiger charge is 2.38. The van der Waals surface area contributed by atoms with Gasteiger partial charge in [0.1, 0.15) is 6.04 Å². The van der Waals surface area contributed by atoms with Gasteiger partial charge in [0.05, 0.1) is 17.9 Å². The second kappa shape index (κ2) is 6.05. The molecule has 0 radical (unpaired) electrons. The molecule has 0 spiro atoms. The van der Waals surface area contributed by atoms with Gasteiger partial charge in [0.15, 0.2) is 0 Å². The molecule has 6 nitrogen and oxygen atoms in total. The smallest absolute Gasteiger partial charge is 0.249 e. The molecule has 2 aromatic carbocycles. The number of amides is 3. The summed E-state index contributed by atoms with van der Waals surface area (Å²) in [5, 5.41) is 5.51. The molecule has 2 N–H and O–H groups in total. The highest BCUT2D eigenvalue weighted by atomic mass is 16.2. The van der Waals surface area contributed by atoms with Crippen LogP contribution in [0.1, 0.15) is 12.8 Å². The van der Waals surface area contributed by atoms with Gasteiger partial charge >= 0.3 is 0 Å². The zero-order chi connectivity index (χ0) is 17.4. The van der Waals surface area contributed by atoms with Crippen molar-refractivity contribution in [3.63, 3.8) is 0 Å². The van der Waals surface area contributed by atoms with Crippen LogP contribution in [0.25, 0.3) is 11.1 Å². The van der Waals surface area contributed by atoms with E-state index in [9.17, 15) is 14.4 Å². The van der Waals surface area contributed by atoms with Crippen molar-refractivity contribution < 1.29 is 14.4 Å². The number of carbonyl (C=O) groups is 3. The molecule has 2 aliphatic rings. The average molecular weight is 335 g/mol. The number of hydrogen-bond donors (Lipinski definition) is 2. The van der Waals surface area contributed by atoms with Crippen LogP contribution in [0, 0.1) is 0 Å². The van der Waals surface area contributed by atoms with Gasteiger partial charge in [-0.05, 0) is 18.1 Å². The lowest BCUT2D eigenvalue weighted by Crippen LogP contribution is -2.57. The zero-order valence-corrected chi connectivity index (χ0v) is 13.5. The number of para-hydroxylation sites is 1. The predicted molar refractivity (Wildman–Crippen MR) is 94.0 cm³/mol. The van der Waals surface area contributed by atoms with Crippen molar-refractivity contribution in [2.75, 3.05) is 16.8 Å². The second-order valence-corrected chi connectivity index (χ2v) is 6.15. The molecule has 0 bridgehead atoms. The first-order valence-electron chi connectivity index (χ1n) is 8.23. The van der Waals surface area contributed by atoms with Crippen LogP contribution in [-0.2, 0) is 14.4 Å². The van der Waals surface area contributed by atoms with E-state index in [1.165, 1.54) is 4.90 Å². The van der Waals surface area contributed by atoms with Crippen LogP contribution in [0.4, 0.5) is 11.4 Å². The average Bonchev–Trinajstić information content (AvgIpc) is 2.63. The third-order valence-corrected chi connectivity index (χ3v) is 4.59. The van der Waals surface area contributed by atoms with Crippen molar-refractivity contribution in [1.29, 1.82) is 0 Å². The number of nitrogens with one attached hydrogen (secondary N) is 2. The van der Waals surface area contributed by atoms with Gasteiger partial charge in [0.2, 0.25) is 17.7 Å². The Labute approximate surface area is 144 Å². The van der Waals surface area contributed by atoms with Gasteiger partial charge in [-0.25, -0.2) is 0 Å². The van der Waals surface area contributed by atoms with Crippen molar-refractivity contribution in [3.05, 3.63) is 48.5 Å². The summed E-state index contributed by atoms with van der Waals surface area (Å²) in [4.78, 5) is 37.7. The largest absolute Gasteiger partial charge is 0.374 e. The normalized spacial score (nSPS) is 19.9. The number of rotatable bonds is 2. The van der Waals surface area contributed by atoms with E-state index in [1.807, 2.05) is 48.5 Å². The lowest BCUT2D eigenvalue weighted by Gasteiger charge is -2.37. The topological polar surface area (TPSA) is 78.5 Å². The fourth-order valence-electron chi connectivity index (χ4n) is 3.44. The molecule has 25 heavy (non-hydrogen) atoms. The van der Waals surface area contributed by atoms with E-state index in [0.717, 1.165) is 16.8 Å². The van der Waals surface area contributed by atoms with Gasteiger partial charge < -0.3 is 5.32 Å². The maximum Gasteiger partial charge on any atom is 0.249 e. The van der Waals surface area contributed by atoms with Crippen LogP contribution in [-0.4, -0.2) is 30.3 Å². The van der Waals surface area contributed by atoms with E-state index in [-0.39, 0.29) is 24.8 Å². The first-order chi connectivity index (χ1) is 12.1. The molecule has 1 atom stereocenters. The fourth-order valence-corrected chi connectivity index (χ4v) is 3.44. The highest BCUT2D eigenvalue weighted by Crippen LogP contribution is 2.40. The van der Waals surface area contributed by atoms with Gasteiger partial charge in [0, 0.05) is 12.0 Å². The van der Waals surface area contributed by atoms with Crippen LogP contribution in [0.3, 0.4) is 0 Å². The Bertz CT molecular complexity index is 863. The Morgan fingerprint density at radius 2 is 1.76 bits per heavy atom. The summed E-state index contributed by atoms with van der Waals surface area (Å²) >= 11 is 0. The van der Waals surface area contributed by atoms with Crippen molar-refractivity contribution in [2.45, 2.75) is 18.9 Å². The summed E-state index contributed by atoms with van der Waals surface area (Å²) in [5.41, 5.74) is 3.51. The van der Waals surface area contributed by atoms with E-state index >= 15 is 0 Å². The summed E-state index contributed by atoms with van der Waals surface area (Å²) in [6.07, 6.45) is 0.576. The van der Waals surface area contributed by atoms with E-state index in [0.29, 0.717) is 12.1 Å². The minimum atomic E-state index is -0.655. The van der Waals surface area contributed by atoms with E-state index in [1.54, 1.807) is 0 Å². The molecule has 2 aromatic rings. The minimum absolute atomic E-state index is 0.120. The molecule has 0 saturated carbocycles. The van der Waals surface area contributed by atoms with Gasteiger partial charge in [-0.2, -0.15) is 0 Å². The second-order valence-electron chi connectivity index (χ2n) is 6.15. The molecule has 6 heteroatoms. The van der Waals surface area contributed by atoms with Gasteiger partial charge in [-0.15, -0.1) is 0 Å². The third kappa shape index (κ3) is 2.65. The number of carbonyl (C=O) groups excluding carboxylic acids is 3. The van der Waals surface area contributed by atoms with Gasteiger partial charge in [-0.3, -0.25) is 24.6 Å². The van der Waals surface area contributed by atoms with Crippen LogP contribution in [0.15, 0.2) is 48.5 Å². The molecular formula is C19H17N3O3. The summed E-state index contributed by atoms with van der Waals surface area (Å²) in [7, 11) is 0. The summed E-state index contributed by atoms with van der Waals surface area (Å²) in [6.45, 7) is 0.120. The first-order valence-corrected chi connectivity index (χ1v) is 8.23. The monoisotopic (exact) mass is 335 g/mol. The maximum absolute atomic E-state index is 12.5. The lowest BCUT2D eigenvalue weighted by atomic mass is 9.97. The molecule has 0 aromatic heterocycles. The molecule has 0 aliphatic carbocycles. The van der Waals surface area contributed by atoms with Crippen LogP contribution >= 0.6 is 0 Å². The number of anilines is 2. The SMILES string of the molecule is O=C1CCC(N2C(=O)CNc3c(-c4ccccc4)cccc32)C(=O)N1. The molecular weight excluding hydrogens is 318 g/mol. The quantitative estimate of drug-likeness (QED) is 0.822. The van der Waals surface area contributed by atoms with Crippen LogP contribution in [0.5, 0.6) is 0 Å². The summed E-state index contributed by atoms with van der Waals surface area (Å²) < 4.78 is 0. The minimum Gasteiger partial charge on any atom is -0.374 e. The molecule has 3 amide bonds. The zero-order valence-electron chi connectivity index (χ0n) is 13.5. The maximum atomic E-state index is 12.5. The number of nitrogens with zero attached hydrogens (tertiary/aromatic N) is 1. The fraction of sp³-hybridized carbons (Fsp3) is 0.211. The Morgan fingerprint density at radius 1 is 0.960 bits per heavy atom.